The van der Waals surface area contributed by atoms with Gasteiger partial charge in [0, 0.05) is 12.8 Å². The van der Waals surface area contributed by atoms with E-state index in [4.69, 9.17) is 4.74 Å². The van der Waals surface area contributed by atoms with Crippen molar-refractivity contribution in [1.82, 2.24) is 4.90 Å². The third-order valence-electron chi connectivity index (χ3n) is 4.24. The number of carbonyl (C=O) groups is 1. The van der Waals surface area contributed by atoms with E-state index in [1.807, 2.05) is 36.4 Å². The molecule has 0 aliphatic carbocycles. The highest BCUT2D eigenvalue weighted by Gasteiger charge is 2.20. The average Bonchev–Trinajstić information content (AvgIpc) is 2.59. The van der Waals surface area contributed by atoms with E-state index >= 15 is 0 Å². The van der Waals surface area contributed by atoms with Crippen molar-refractivity contribution >= 4 is 11.6 Å². The number of benzene rings is 2. The molecular weight excluding hydrogens is 312 g/mol. The molecule has 1 N–H and O–H groups in total. The van der Waals surface area contributed by atoms with Crippen molar-refractivity contribution in [1.29, 1.82) is 0 Å². The van der Waals surface area contributed by atoms with Gasteiger partial charge in [0.2, 0.25) is 0 Å². The first-order chi connectivity index (χ1) is 12.0. The van der Waals surface area contributed by atoms with Crippen LogP contribution in [0, 0.1) is 6.92 Å². The number of nitrogens with one attached hydrogen (secondary N) is 1. The highest BCUT2D eigenvalue weighted by Crippen LogP contribution is 2.21. The normalized spacial score (nSPS) is 12.2. The van der Waals surface area contributed by atoms with Crippen LogP contribution in [-0.2, 0) is 16.0 Å². The molecule has 2 rings (SSSR count). The summed E-state index contributed by atoms with van der Waals surface area (Å²) in [6.07, 6.45) is 1.48. The Morgan fingerprint density at radius 3 is 2.52 bits per heavy atom. The molecule has 1 atom stereocenters. The van der Waals surface area contributed by atoms with Gasteiger partial charge in [-0.05, 0) is 69.2 Å². The number of amides is 1. The van der Waals surface area contributed by atoms with E-state index < -0.39 is 6.10 Å². The standard InChI is InChI=1S/C21H28N2O2/c1-16-12-13-19(15-18(16)11-8-14-23(2)3)22-21(24)20(25-4)17-9-6-5-7-10-17/h5-7,9-10,12-13,15,20H,8,11,14H2,1-4H3,(H,22,24)/t20-/m1/s1. The predicted molar refractivity (Wildman–Crippen MR) is 103 cm³/mol. The smallest absolute Gasteiger partial charge is 0.258 e. The highest BCUT2D eigenvalue weighted by molar-refractivity contribution is 5.95. The summed E-state index contributed by atoms with van der Waals surface area (Å²) < 4.78 is 5.40. The molecule has 0 aromatic heterocycles. The van der Waals surface area contributed by atoms with Gasteiger partial charge in [-0.15, -0.1) is 0 Å². The Balaban J connectivity index is 2.07. The number of rotatable bonds is 8. The van der Waals surface area contributed by atoms with Crippen LogP contribution in [0.3, 0.4) is 0 Å². The van der Waals surface area contributed by atoms with E-state index in [9.17, 15) is 4.79 Å². The summed E-state index contributed by atoms with van der Waals surface area (Å²) in [5.74, 6) is -0.156. The number of nitrogens with zero attached hydrogens (tertiary/aromatic N) is 1. The monoisotopic (exact) mass is 340 g/mol. The van der Waals surface area contributed by atoms with Crippen LogP contribution < -0.4 is 5.32 Å². The second-order valence-corrected chi connectivity index (χ2v) is 6.56. The van der Waals surface area contributed by atoms with Gasteiger partial charge in [-0.1, -0.05) is 36.4 Å². The van der Waals surface area contributed by atoms with Crippen molar-refractivity contribution in [3.63, 3.8) is 0 Å². The maximum atomic E-state index is 12.6. The number of ether oxygens (including phenoxy) is 1. The largest absolute Gasteiger partial charge is 0.367 e. The van der Waals surface area contributed by atoms with Crippen molar-refractivity contribution < 1.29 is 9.53 Å². The van der Waals surface area contributed by atoms with Crippen molar-refractivity contribution in [2.24, 2.45) is 0 Å². The van der Waals surface area contributed by atoms with Gasteiger partial charge < -0.3 is 15.0 Å². The number of hydrogen-bond acceptors (Lipinski definition) is 3. The van der Waals surface area contributed by atoms with E-state index in [2.05, 4.69) is 43.4 Å². The Morgan fingerprint density at radius 1 is 1.16 bits per heavy atom. The fourth-order valence-electron chi connectivity index (χ4n) is 2.83. The van der Waals surface area contributed by atoms with Crippen LogP contribution in [0.15, 0.2) is 48.5 Å². The van der Waals surface area contributed by atoms with Crippen LogP contribution in [0.4, 0.5) is 5.69 Å². The SMILES string of the molecule is CO[C@@H](C(=O)Nc1ccc(C)c(CCCN(C)C)c1)c1ccccc1. The molecule has 0 fully saturated rings. The Labute approximate surface area is 150 Å². The van der Waals surface area contributed by atoms with Gasteiger partial charge in [-0.25, -0.2) is 0 Å². The lowest BCUT2D eigenvalue weighted by Gasteiger charge is -2.17. The first-order valence-electron chi connectivity index (χ1n) is 8.64. The summed E-state index contributed by atoms with van der Waals surface area (Å²) >= 11 is 0. The van der Waals surface area contributed by atoms with Gasteiger partial charge in [-0.3, -0.25) is 4.79 Å². The molecule has 25 heavy (non-hydrogen) atoms. The third kappa shape index (κ3) is 5.69. The third-order valence-corrected chi connectivity index (χ3v) is 4.24. The fraction of sp³-hybridized carbons (Fsp3) is 0.381. The van der Waals surface area contributed by atoms with E-state index in [0.29, 0.717) is 0 Å². The molecule has 2 aromatic rings. The molecule has 134 valence electrons. The molecule has 1 amide bonds. The molecule has 0 bridgehead atoms. The zero-order valence-electron chi connectivity index (χ0n) is 15.6. The van der Waals surface area contributed by atoms with E-state index in [0.717, 1.165) is 30.6 Å². The van der Waals surface area contributed by atoms with E-state index in [1.54, 1.807) is 7.11 Å². The fourth-order valence-corrected chi connectivity index (χ4v) is 2.83. The lowest BCUT2D eigenvalue weighted by atomic mass is 10.0. The minimum absolute atomic E-state index is 0.156. The number of anilines is 1. The van der Waals surface area contributed by atoms with Crippen LogP contribution in [0.25, 0.3) is 0 Å². The Morgan fingerprint density at radius 2 is 1.88 bits per heavy atom. The van der Waals surface area contributed by atoms with E-state index in [1.165, 1.54) is 11.1 Å². The molecule has 0 saturated heterocycles. The molecule has 4 nitrogen and oxygen atoms in total. The van der Waals surface area contributed by atoms with Crippen LogP contribution in [-0.4, -0.2) is 38.6 Å². The van der Waals surface area contributed by atoms with Gasteiger partial charge >= 0.3 is 0 Å². The summed E-state index contributed by atoms with van der Waals surface area (Å²) in [7, 11) is 5.72. The average molecular weight is 340 g/mol. The second kappa shape index (κ2) is 9.35. The summed E-state index contributed by atoms with van der Waals surface area (Å²) in [6, 6.07) is 15.6. The molecule has 4 heteroatoms. The summed E-state index contributed by atoms with van der Waals surface area (Å²) in [6.45, 7) is 3.16. The lowest BCUT2D eigenvalue weighted by Crippen LogP contribution is -2.22. The van der Waals surface area contributed by atoms with E-state index in [-0.39, 0.29) is 5.91 Å². The zero-order valence-corrected chi connectivity index (χ0v) is 15.6. The minimum Gasteiger partial charge on any atom is -0.367 e. The summed E-state index contributed by atoms with van der Waals surface area (Å²) in [4.78, 5) is 14.8. The van der Waals surface area contributed by atoms with Crippen LogP contribution in [0.1, 0.15) is 29.2 Å². The van der Waals surface area contributed by atoms with Gasteiger partial charge in [0.1, 0.15) is 0 Å². The highest BCUT2D eigenvalue weighted by atomic mass is 16.5. The van der Waals surface area contributed by atoms with Gasteiger partial charge in [-0.2, -0.15) is 0 Å². The second-order valence-electron chi connectivity index (χ2n) is 6.56. The summed E-state index contributed by atoms with van der Waals surface area (Å²) in [5, 5.41) is 2.98. The van der Waals surface area contributed by atoms with Gasteiger partial charge in [0.15, 0.2) is 6.10 Å². The number of aryl methyl sites for hydroxylation is 2. The molecule has 2 aromatic carbocycles. The molecule has 0 spiro atoms. The number of carbonyl (C=O) groups excluding carboxylic acids is 1. The number of methoxy groups -OCH3 is 1. The molecular formula is C21H28N2O2. The maximum Gasteiger partial charge on any atom is 0.258 e. The molecule has 0 radical (unpaired) electrons. The van der Waals surface area contributed by atoms with Crippen molar-refractivity contribution in [3.05, 3.63) is 65.2 Å². The Bertz CT molecular complexity index is 684. The van der Waals surface area contributed by atoms with Gasteiger partial charge in [0.05, 0.1) is 0 Å². The molecule has 0 heterocycles. The zero-order chi connectivity index (χ0) is 18.2. The molecule has 0 unspecified atom stereocenters. The quantitative estimate of drug-likeness (QED) is 0.794. The first kappa shape index (κ1) is 19.2. The van der Waals surface area contributed by atoms with Crippen LogP contribution >= 0.6 is 0 Å². The van der Waals surface area contributed by atoms with Gasteiger partial charge in [0.25, 0.3) is 5.91 Å². The van der Waals surface area contributed by atoms with Crippen molar-refractivity contribution in [2.45, 2.75) is 25.9 Å². The maximum absolute atomic E-state index is 12.6. The topological polar surface area (TPSA) is 41.6 Å². The summed E-state index contributed by atoms with van der Waals surface area (Å²) in [5.41, 5.74) is 4.19. The molecule has 0 aliphatic heterocycles. The first-order valence-corrected chi connectivity index (χ1v) is 8.64. The predicted octanol–water partition coefficient (Wildman–Crippen LogP) is 3.82. The Hall–Kier alpha value is -2.17. The van der Waals surface area contributed by atoms with Crippen molar-refractivity contribution in [3.8, 4) is 0 Å². The molecule has 0 saturated carbocycles. The van der Waals surface area contributed by atoms with Crippen LogP contribution in [0.5, 0.6) is 0 Å². The van der Waals surface area contributed by atoms with Crippen molar-refractivity contribution in [2.75, 3.05) is 33.1 Å². The minimum atomic E-state index is -0.611. The molecule has 0 aliphatic rings. The number of hydrogen-bond donors (Lipinski definition) is 1. The Kier molecular flexibility index (Phi) is 7.16. The lowest BCUT2D eigenvalue weighted by molar-refractivity contribution is -0.126. The van der Waals surface area contributed by atoms with Crippen LogP contribution in [0.2, 0.25) is 0 Å².